The zero-order valence-electron chi connectivity index (χ0n) is 20.7. The maximum Gasteiger partial charge on any atom is 0.278 e. The van der Waals surface area contributed by atoms with Gasteiger partial charge in [-0.25, -0.2) is 4.68 Å². The molecule has 0 aliphatic heterocycles. The number of rotatable bonds is 8. The quantitative estimate of drug-likeness (QED) is 0.434. The molecule has 0 unspecified atom stereocenters. The van der Waals surface area contributed by atoms with Gasteiger partial charge >= 0.3 is 0 Å². The summed E-state index contributed by atoms with van der Waals surface area (Å²) in [4.78, 5) is 13.2. The molecular formula is C26H35N5O2. The number of nitrogens with zero attached hydrogens (tertiary/aromatic N) is 3. The van der Waals surface area contributed by atoms with Crippen molar-refractivity contribution in [2.75, 3.05) is 24.3 Å². The van der Waals surface area contributed by atoms with E-state index in [0.29, 0.717) is 11.4 Å². The van der Waals surface area contributed by atoms with Gasteiger partial charge in [0.15, 0.2) is 5.69 Å². The van der Waals surface area contributed by atoms with Gasteiger partial charge in [-0.2, -0.15) is 0 Å². The molecule has 1 heterocycles. The molecule has 7 nitrogen and oxygen atoms in total. The van der Waals surface area contributed by atoms with Crippen molar-refractivity contribution in [3.8, 4) is 11.4 Å². The van der Waals surface area contributed by atoms with Gasteiger partial charge < -0.3 is 15.4 Å². The van der Waals surface area contributed by atoms with Crippen molar-refractivity contribution in [3.63, 3.8) is 0 Å². The lowest BCUT2D eigenvalue weighted by molar-refractivity contribution is 0.102. The second-order valence-corrected chi connectivity index (χ2v) is 9.39. The number of anilines is 2. The van der Waals surface area contributed by atoms with E-state index in [2.05, 4.69) is 54.7 Å². The Morgan fingerprint density at radius 1 is 1.09 bits per heavy atom. The highest BCUT2D eigenvalue weighted by molar-refractivity contribution is 6.03. The van der Waals surface area contributed by atoms with Crippen molar-refractivity contribution in [1.82, 2.24) is 15.0 Å². The molecule has 0 bridgehead atoms. The van der Waals surface area contributed by atoms with E-state index < -0.39 is 0 Å². The van der Waals surface area contributed by atoms with E-state index >= 15 is 0 Å². The number of nitrogens with one attached hydrogen (secondary N) is 2. The van der Waals surface area contributed by atoms with Gasteiger partial charge in [-0.05, 0) is 67.1 Å². The second kappa shape index (κ2) is 10.1. The van der Waals surface area contributed by atoms with E-state index in [9.17, 15) is 4.79 Å². The van der Waals surface area contributed by atoms with E-state index in [0.717, 1.165) is 47.6 Å². The average molecular weight is 450 g/mol. The lowest BCUT2D eigenvalue weighted by atomic mass is 9.86. The molecule has 0 saturated carbocycles. The molecule has 1 amide bonds. The lowest BCUT2D eigenvalue weighted by Crippen LogP contribution is -2.17. The Labute approximate surface area is 196 Å². The van der Waals surface area contributed by atoms with Crippen molar-refractivity contribution in [3.05, 3.63) is 58.9 Å². The van der Waals surface area contributed by atoms with Crippen LogP contribution in [0.1, 0.15) is 67.8 Å². The SMILES string of the molecule is CCCCNc1cc(NC(=O)c2nnn(-c3cc(C)ccc3OC)c2C)cc(C(C)(C)C)c1. The van der Waals surface area contributed by atoms with Crippen molar-refractivity contribution >= 4 is 17.3 Å². The number of carbonyl (C=O) groups excluding carboxylic acids is 1. The van der Waals surface area contributed by atoms with Crippen molar-refractivity contribution in [2.24, 2.45) is 0 Å². The van der Waals surface area contributed by atoms with Crippen LogP contribution in [0.5, 0.6) is 5.75 Å². The Hall–Kier alpha value is -3.35. The van der Waals surface area contributed by atoms with E-state index in [1.807, 2.05) is 44.2 Å². The summed E-state index contributed by atoms with van der Waals surface area (Å²) >= 11 is 0. The van der Waals surface area contributed by atoms with Crippen molar-refractivity contribution in [1.29, 1.82) is 0 Å². The summed E-state index contributed by atoms with van der Waals surface area (Å²) < 4.78 is 7.12. The van der Waals surface area contributed by atoms with Gasteiger partial charge in [0.1, 0.15) is 11.4 Å². The number of carbonyl (C=O) groups is 1. The third-order valence-electron chi connectivity index (χ3n) is 5.59. The van der Waals surface area contributed by atoms with Gasteiger partial charge in [0, 0.05) is 17.9 Å². The first-order chi connectivity index (χ1) is 15.6. The Morgan fingerprint density at radius 2 is 1.82 bits per heavy atom. The third-order valence-corrected chi connectivity index (χ3v) is 5.59. The summed E-state index contributed by atoms with van der Waals surface area (Å²) in [6.07, 6.45) is 2.21. The molecule has 7 heteroatoms. The molecule has 0 radical (unpaired) electrons. The molecular weight excluding hydrogens is 414 g/mol. The first kappa shape index (κ1) is 24.3. The Balaban J connectivity index is 1.90. The largest absolute Gasteiger partial charge is 0.494 e. The number of amides is 1. The summed E-state index contributed by atoms with van der Waals surface area (Å²) in [5, 5.41) is 14.9. The van der Waals surface area contributed by atoms with Crippen LogP contribution in [-0.2, 0) is 5.41 Å². The minimum Gasteiger partial charge on any atom is -0.494 e. The maximum absolute atomic E-state index is 13.2. The average Bonchev–Trinajstić information content (AvgIpc) is 3.14. The van der Waals surface area contributed by atoms with Gasteiger partial charge in [-0.3, -0.25) is 4.79 Å². The fourth-order valence-corrected chi connectivity index (χ4v) is 3.57. The molecule has 3 aromatic rings. The number of hydrogen-bond donors (Lipinski definition) is 2. The third kappa shape index (κ3) is 5.72. The number of ether oxygens (including phenoxy) is 1. The summed E-state index contributed by atoms with van der Waals surface area (Å²) in [5.74, 6) is 0.372. The van der Waals surface area contributed by atoms with E-state index in [1.54, 1.807) is 11.8 Å². The zero-order valence-corrected chi connectivity index (χ0v) is 20.7. The number of hydrogen-bond acceptors (Lipinski definition) is 5. The highest BCUT2D eigenvalue weighted by Crippen LogP contribution is 2.30. The standard InChI is InChI=1S/C26H35N5O2/c1-8-9-12-27-20-14-19(26(4,5)6)15-21(16-20)28-25(32)24-18(3)31(30-29-24)22-13-17(2)10-11-23(22)33-7/h10-11,13-16,27H,8-9,12H2,1-7H3,(H,28,32). The van der Waals surface area contributed by atoms with Crippen LogP contribution in [0.25, 0.3) is 5.69 Å². The van der Waals surface area contributed by atoms with Crippen LogP contribution in [0.4, 0.5) is 11.4 Å². The molecule has 0 saturated heterocycles. The molecule has 1 aromatic heterocycles. The number of aryl methyl sites for hydroxylation is 1. The highest BCUT2D eigenvalue weighted by atomic mass is 16.5. The fraction of sp³-hybridized carbons (Fsp3) is 0.423. The van der Waals surface area contributed by atoms with Crippen LogP contribution in [-0.4, -0.2) is 34.6 Å². The molecule has 2 aromatic carbocycles. The number of aromatic nitrogens is 3. The van der Waals surface area contributed by atoms with E-state index in [1.165, 1.54) is 0 Å². The summed E-state index contributed by atoms with van der Waals surface area (Å²) in [7, 11) is 1.61. The highest BCUT2D eigenvalue weighted by Gasteiger charge is 2.21. The molecule has 0 fully saturated rings. The van der Waals surface area contributed by atoms with E-state index in [4.69, 9.17) is 4.74 Å². The smallest absolute Gasteiger partial charge is 0.278 e. The van der Waals surface area contributed by atoms with Gasteiger partial charge in [-0.1, -0.05) is 45.4 Å². The Bertz CT molecular complexity index is 1130. The Morgan fingerprint density at radius 3 is 2.48 bits per heavy atom. The normalized spacial score (nSPS) is 11.4. The number of benzene rings is 2. The summed E-state index contributed by atoms with van der Waals surface area (Å²) in [6.45, 7) is 13.4. The lowest BCUT2D eigenvalue weighted by Gasteiger charge is -2.22. The molecule has 0 atom stereocenters. The van der Waals surface area contributed by atoms with Crippen LogP contribution >= 0.6 is 0 Å². The van der Waals surface area contributed by atoms with E-state index in [-0.39, 0.29) is 17.0 Å². The molecule has 3 rings (SSSR count). The fourth-order valence-electron chi connectivity index (χ4n) is 3.57. The first-order valence-electron chi connectivity index (χ1n) is 11.4. The molecule has 0 aliphatic carbocycles. The number of methoxy groups -OCH3 is 1. The molecule has 2 N–H and O–H groups in total. The van der Waals surface area contributed by atoms with Crippen LogP contribution < -0.4 is 15.4 Å². The van der Waals surface area contributed by atoms with Gasteiger partial charge in [0.05, 0.1) is 12.8 Å². The predicted octanol–water partition coefficient (Wildman–Crippen LogP) is 5.65. The topological polar surface area (TPSA) is 81.1 Å². The minimum atomic E-state index is -0.295. The predicted molar refractivity (Wildman–Crippen MR) is 134 cm³/mol. The van der Waals surface area contributed by atoms with Crippen LogP contribution in [0, 0.1) is 13.8 Å². The summed E-state index contributed by atoms with van der Waals surface area (Å²) in [6, 6.07) is 12.0. The van der Waals surface area contributed by atoms with Gasteiger partial charge in [-0.15, -0.1) is 5.10 Å². The second-order valence-electron chi connectivity index (χ2n) is 9.39. The maximum atomic E-state index is 13.2. The van der Waals surface area contributed by atoms with Crippen LogP contribution in [0.15, 0.2) is 36.4 Å². The van der Waals surface area contributed by atoms with Crippen LogP contribution in [0.3, 0.4) is 0 Å². The molecule has 0 spiro atoms. The molecule has 0 aliphatic rings. The zero-order chi connectivity index (χ0) is 24.2. The Kier molecular flexibility index (Phi) is 7.41. The van der Waals surface area contributed by atoms with Gasteiger partial charge in [0.2, 0.25) is 0 Å². The monoisotopic (exact) mass is 449 g/mol. The molecule has 176 valence electrons. The van der Waals surface area contributed by atoms with Crippen molar-refractivity contribution in [2.45, 2.75) is 59.8 Å². The minimum absolute atomic E-state index is 0.0529. The number of unbranched alkanes of at least 4 members (excludes halogenated alkanes) is 1. The summed E-state index contributed by atoms with van der Waals surface area (Å²) in [5.41, 5.74) is 5.55. The van der Waals surface area contributed by atoms with Crippen LogP contribution in [0.2, 0.25) is 0 Å². The van der Waals surface area contributed by atoms with Gasteiger partial charge in [0.25, 0.3) is 5.91 Å². The molecule has 33 heavy (non-hydrogen) atoms. The first-order valence-corrected chi connectivity index (χ1v) is 11.4. The van der Waals surface area contributed by atoms with Crippen molar-refractivity contribution < 1.29 is 9.53 Å².